The molecular formula is C10H13N3O. The Morgan fingerprint density at radius 2 is 2.36 bits per heavy atom. The molecule has 0 saturated carbocycles. The zero-order chi connectivity index (χ0) is 10.4. The van der Waals surface area contributed by atoms with Crippen molar-refractivity contribution >= 4 is 5.82 Å². The van der Waals surface area contributed by atoms with Crippen LogP contribution >= 0.6 is 0 Å². The van der Waals surface area contributed by atoms with Gasteiger partial charge in [-0.3, -0.25) is 4.84 Å². The Balaban J connectivity index is 2.60. The fraction of sp³-hybridized carbons (Fsp3) is 0.400. The summed E-state index contributed by atoms with van der Waals surface area (Å²) in [4.78, 5) is 13.0. The van der Waals surface area contributed by atoms with Crippen LogP contribution in [0.3, 0.4) is 0 Å². The van der Waals surface area contributed by atoms with E-state index in [1.807, 2.05) is 6.07 Å². The Morgan fingerprint density at radius 3 is 3.00 bits per heavy atom. The number of hydrogen-bond acceptors (Lipinski definition) is 4. The topological polar surface area (TPSA) is 47.0 Å². The molecule has 0 atom stereocenters. The van der Waals surface area contributed by atoms with Gasteiger partial charge in [0.05, 0.1) is 0 Å². The van der Waals surface area contributed by atoms with Gasteiger partial charge in [0.25, 0.3) is 0 Å². The van der Waals surface area contributed by atoms with E-state index in [2.05, 4.69) is 35.2 Å². The summed E-state index contributed by atoms with van der Waals surface area (Å²) in [6, 6.07) is 1.83. The van der Waals surface area contributed by atoms with Crippen molar-refractivity contribution in [1.82, 2.24) is 9.97 Å². The van der Waals surface area contributed by atoms with Gasteiger partial charge in [-0.05, 0) is 5.92 Å². The maximum atomic E-state index is 5.02. The van der Waals surface area contributed by atoms with E-state index in [0.717, 1.165) is 5.69 Å². The average molecular weight is 191 g/mol. The Hall–Kier alpha value is -1.60. The van der Waals surface area contributed by atoms with Crippen molar-refractivity contribution < 1.29 is 4.84 Å². The number of aromatic nitrogens is 2. The molecule has 74 valence electrons. The van der Waals surface area contributed by atoms with Crippen molar-refractivity contribution in [3.05, 3.63) is 18.1 Å². The maximum absolute atomic E-state index is 5.02. The smallest absolute Gasteiger partial charge is 0.153 e. The molecule has 14 heavy (non-hydrogen) atoms. The van der Waals surface area contributed by atoms with Crippen molar-refractivity contribution in [3.63, 3.8) is 0 Å². The Morgan fingerprint density at radius 1 is 1.57 bits per heavy atom. The highest BCUT2D eigenvalue weighted by Crippen LogP contribution is 2.13. The molecule has 0 aromatic carbocycles. The first-order valence-corrected chi connectivity index (χ1v) is 4.37. The zero-order valence-electron chi connectivity index (χ0n) is 8.32. The van der Waals surface area contributed by atoms with E-state index >= 15 is 0 Å². The number of rotatable bonds is 4. The van der Waals surface area contributed by atoms with Crippen LogP contribution in [0.25, 0.3) is 0 Å². The lowest BCUT2D eigenvalue weighted by molar-refractivity contribution is 0.232. The molecule has 1 rings (SSSR count). The van der Waals surface area contributed by atoms with Crippen molar-refractivity contribution in [2.75, 3.05) is 12.1 Å². The molecule has 4 nitrogen and oxygen atoms in total. The van der Waals surface area contributed by atoms with Crippen molar-refractivity contribution in [3.8, 4) is 12.3 Å². The number of anilines is 1. The molecule has 0 radical (unpaired) electrons. The highest BCUT2D eigenvalue weighted by molar-refractivity contribution is 5.33. The lowest BCUT2D eigenvalue weighted by atomic mass is 10.1. The van der Waals surface area contributed by atoms with E-state index in [9.17, 15) is 0 Å². The highest BCUT2D eigenvalue weighted by Gasteiger charge is 2.02. The summed E-state index contributed by atoms with van der Waals surface area (Å²) in [5.74, 6) is 3.34. The second-order valence-electron chi connectivity index (χ2n) is 3.08. The minimum atomic E-state index is 0.209. The van der Waals surface area contributed by atoms with Crippen LogP contribution in [0.5, 0.6) is 0 Å². The molecule has 0 aliphatic rings. The van der Waals surface area contributed by atoms with Gasteiger partial charge >= 0.3 is 0 Å². The molecule has 0 unspecified atom stereocenters. The first-order chi connectivity index (χ1) is 6.74. The monoisotopic (exact) mass is 191 g/mol. The number of hydrogen-bond donors (Lipinski definition) is 1. The third-order valence-corrected chi connectivity index (χ3v) is 1.61. The second-order valence-corrected chi connectivity index (χ2v) is 3.08. The minimum absolute atomic E-state index is 0.209. The number of nitrogens with one attached hydrogen (secondary N) is 1. The van der Waals surface area contributed by atoms with Gasteiger partial charge in [-0.2, -0.15) is 0 Å². The van der Waals surface area contributed by atoms with Crippen LogP contribution in [-0.4, -0.2) is 16.6 Å². The van der Waals surface area contributed by atoms with E-state index in [1.165, 1.54) is 6.33 Å². The van der Waals surface area contributed by atoms with Gasteiger partial charge in [-0.15, -0.1) is 6.42 Å². The molecule has 0 amide bonds. The molecule has 0 saturated heterocycles. The summed E-state index contributed by atoms with van der Waals surface area (Å²) in [6.45, 7) is 4.34. The van der Waals surface area contributed by atoms with Crippen LogP contribution in [0.15, 0.2) is 12.4 Å². The lowest BCUT2D eigenvalue weighted by Crippen LogP contribution is -2.04. The Labute approximate surface area is 83.7 Å². The third-order valence-electron chi connectivity index (χ3n) is 1.61. The Bertz CT molecular complexity index is 330. The minimum Gasteiger partial charge on any atom is -0.262 e. The van der Waals surface area contributed by atoms with Crippen LogP contribution in [0.2, 0.25) is 0 Å². The van der Waals surface area contributed by atoms with Gasteiger partial charge in [0.15, 0.2) is 5.82 Å². The molecule has 1 aromatic heterocycles. The third kappa shape index (κ3) is 3.04. The van der Waals surface area contributed by atoms with Crippen LogP contribution in [-0.2, 0) is 4.84 Å². The van der Waals surface area contributed by atoms with Crippen LogP contribution in [0, 0.1) is 12.3 Å². The summed E-state index contributed by atoms with van der Waals surface area (Å²) < 4.78 is 0. The fourth-order valence-electron chi connectivity index (χ4n) is 0.896. The average Bonchev–Trinajstić information content (AvgIpc) is 2.19. The van der Waals surface area contributed by atoms with Crippen molar-refractivity contribution in [2.45, 2.75) is 19.8 Å². The summed E-state index contributed by atoms with van der Waals surface area (Å²) in [7, 11) is 0. The quantitative estimate of drug-likeness (QED) is 0.446. The summed E-state index contributed by atoms with van der Waals surface area (Å²) in [5, 5.41) is 0. The number of nitrogens with zero attached hydrogens (tertiary/aromatic N) is 2. The molecule has 1 N–H and O–H groups in total. The molecule has 0 fully saturated rings. The lowest BCUT2D eigenvalue weighted by Gasteiger charge is -2.06. The summed E-state index contributed by atoms with van der Waals surface area (Å²) >= 11 is 0. The van der Waals surface area contributed by atoms with Gasteiger partial charge in [-0.25, -0.2) is 15.4 Å². The van der Waals surface area contributed by atoms with Gasteiger partial charge in [0, 0.05) is 11.8 Å². The van der Waals surface area contributed by atoms with Crippen LogP contribution < -0.4 is 5.48 Å². The molecule has 0 aliphatic heterocycles. The SMILES string of the molecule is C#CCONc1cc(C(C)C)ncn1. The fourth-order valence-corrected chi connectivity index (χ4v) is 0.896. The second kappa shape index (κ2) is 5.20. The highest BCUT2D eigenvalue weighted by atomic mass is 16.6. The number of terminal acetylenes is 1. The molecule has 4 heteroatoms. The molecule has 0 bridgehead atoms. The zero-order valence-corrected chi connectivity index (χ0v) is 8.32. The molecular weight excluding hydrogens is 178 g/mol. The van der Waals surface area contributed by atoms with Gasteiger partial charge in [0.1, 0.15) is 12.9 Å². The normalized spacial score (nSPS) is 9.86. The van der Waals surface area contributed by atoms with E-state index in [1.54, 1.807) is 0 Å². The predicted molar refractivity (Wildman–Crippen MR) is 54.5 cm³/mol. The molecule has 1 heterocycles. The van der Waals surface area contributed by atoms with Crippen molar-refractivity contribution in [2.24, 2.45) is 0 Å². The van der Waals surface area contributed by atoms with E-state index in [0.29, 0.717) is 11.7 Å². The van der Waals surface area contributed by atoms with E-state index < -0.39 is 0 Å². The summed E-state index contributed by atoms with van der Waals surface area (Å²) in [6.07, 6.45) is 6.52. The van der Waals surface area contributed by atoms with Crippen molar-refractivity contribution in [1.29, 1.82) is 0 Å². The predicted octanol–water partition coefficient (Wildman–Crippen LogP) is 1.58. The van der Waals surface area contributed by atoms with Gasteiger partial charge in [0.2, 0.25) is 0 Å². The maximum Gasteiger partial charge on any atom is 0.153 e. The standard InChI is InChI=1S/C10H13N3O/c1-4-5-14-13-10-6-9(8(2)3)11-7-12-10/h1,6-8H,5H2,2-3H3,(H,11,12,13). The van der Waals surface area contributed by atoms with Crippen LogP contribution in [0.4, 0.5) is 5.82 Å². The van der Waals surface area contributed by atoms with Gasteiger partial charge < -0.3 is 0 Å². The largest absolute Gasteiger partial charge is 0.262 e. The van der Waals surface area contributed by atoms with Crippen LogP contribution in [0.1, 0.15) is 25.5 Å². The first-order valence-electron chi connectivity index (χ1n) is 4.37. The first kappa shape index (κ1) is 10.5. The molecule has 0 aliphatic carbocycles. The summed E-state index contributed by atoms with van der Waals surface area (Å²) in [5.41, 5.74) is 3.61. The van der Waals surface area contributed by atoms with Gasteiger partial charge in [-0.1, -0.05) is 19.8 Å². The molecule has 1 aromatic rings. The van der Waals surface area contributed by atoms with E-state index in [-0.39, 0.29) is 6.61 Å². The van der Waals surface area contributed by atoms with E-state index in [4.69, 9.17) is 11.3 Å². The Kier molecular flexibility index (Phi) is 3.89. The molecule has 0 spiro atoms.